The highest BCUT2D eigenvalue weighted by atomic mass is 19.2. The van der Waals surface area contributed by atoms with Gasteiger partial charge in [0.25, 0.3) is 0 Å². The molecule has 78 valence electrons. The van der Waals surface area contributed by atoms with Crippen molar-refractivity contribution in [2.24, 2.45) is 0 Å². The molecule has 1 heterocycles. The largest absolute Gasteiger partial charge is 0.394 e. The smallest absolute Gasteiger partial charge is 0.347 e. The van der Waals surface area contributed by atoms with E-state index in [0.29, 0.717) is 0 Å². The van der Waals surface area contributed by atoms with Crippen molar-refractivity contribution in [2.45, 2.75) is 30.5 Å². The van der Waals surface area contributed by atoms with Crippen molar-refractivity contribution in [3.8, 4) is 0 Å². The summed E-state index contributed by atoms with van der Waals surface area (Å²) < 4.78 is 16.9. The minimum Gasteiger partial charge on any atom is -0.394 e. The number of ether oxygens (including phenoxy) is 1. The normalized spacial score (nSPS) is 52.2. The van der Waals surface area contributed by atoms with Crippen LogP contribution in [0.2, 0.25) is 0 Å². The van der Waals surface area contributed by atoms with E-state index in [-0.39, 0.29) is 0 Å². The van der Waals surface area contributed by atoms with Crippen molar-refractivity contribution in [3.63, 3.8) is 0 Å². The van der Waals surface area contributed by atoms with Crippen LogP contribution in [0.25, 0.3) is 0 Å². The molecule has 7 heteroatoms. The van der Waals surface area contributed by atoms with Gasteiger partial charge in [0.15, 0.2) is 6.10 Å². The van der Waals surface area contributed by atoms with Gasteiger partial charge in [0, 0.05) is 0 Å². The fourth-order valence-corrected chi connectivity index (χ4v) is 1.11. The molecule has 0 aromatic heterocycles. The molecule has 0 radical (unpaired) electrons. The summed E-state index contributed by atoms with van der Waals surface area (Å²) in [6.45, 7) is -0.781. The molecule has 0 bridgehead atoms. The third-order valence-electron chi connectivity index (χ3n) is 1.92. The quantitative estimate of drug-likeness (QED) is 0.308. The highest BCUT2D eigenvalue weighted by Gasteiger charge is 2.53. The van der Waals surface area contributed by atoms with E-state index in [0.717, 1.165) is 0 Å². The van der Waals surface area contributed by atoms with Crippen LogP contribution in [0.15, 0.2) is 0 Å². The average molecular weight is 198 g/mol. The molecule has 0 aliphatic carbocycles. The van der Waals surface area contributed by atoms with Gasteiger partial charge in [-0.25, -0.2) is 0 Å². The fourth-order valence-electron chi connectivity index (χ4n) is 1.11. The molecule has 0 unspecified atom stereocenters. The summed E-state index contributed by atoms with van der Waals surface area (Å²) in [7, 11) is 0. The van der Waals surface area contributed by atoms with Gasteiger partial charge >= 0.3 is 6.04 Å². The first kappa shape index (κ1) is 10.8. The van der Waals surface area contributed by atoms with Crippen LogP contribution in [0.1, 0.15) is 0 Å². The molecule has 1 aliphatic heterocycles. The Morgan fingerprint density at radius 1 is 1.23 bits per heavy atom. The molecule has 1 aliphatic rings. The number of aliphatic hydroxyl groups excluding tert-OH is 4. The van der Waals surface area contributed by atoms with Crippen LogP contribution in [0.5, 0.6) is 0 Å². The Morgan fingerprint density at radius 3 is 2.23 bits per heavy atom. The van der Waals surface area contributed by atoms with Gasteiger partial charge in [-0.3, -0.25) is 0 Å². The summed E-state index contributed by atoms with van der Waals surface area (Å²) in [6, 6.07) is -3.45. The van der Waals surface area contributed by atoms with Crippen LogP contribution in [0, 0.1) is 0 Å². The van der Waals surface area contributed by atoms with E-state index in [2.05, 4.69) is 4.74 Å². The van der Waals surface area contributed by atoms with Crippen molar-refractivity contribution in [1.82, 2.24) is 0 Å². The van der Waals surface area contributed by atoms with Crippen LogP contribution in [0.3, 0.4) is 0 Å². The highest BCUT2D eigenvalue weighted by molar-refractivity contribution is 4.91. The van der Waals surface area contributed by atoms with Gasteiger partial charge in [-0.1, -0.05) is 0 Å². The second-order valence-corrected chi connectivity index (χ2v) is 2.87. The number of alkyl halides is 1. The van der Waals surface area contributed by atoms with E-state index < -0.39 is 37.1 Å². The molecule has 6 nitrogen and oxygen atoms in total. The van der Waals surface area contributed by atoms with Crippen LogP contribution >= 0.6 is 0 Å². The van der Waals surface area contributed by atoms with Crippen LogP contribution in [0.4, 0.5) is 4.39 Å². The monoisotopic (exact) mass is 198 g/mol. The number of hydrogen-bond acceptors (Lipinski definition) is 6. The Bertz CT molecular complexity index is 184. The van der Waals surface area contributed by atoms with E-state index in [4.69, 9.17) is 25.5 Å². The maximum atomic E-state index is 12.8. The molecular formula is C6H11FO6. The zero-order chi connectivity index (χ0) is 10.2. The van der Waals surface area contributed by atoms with E-state index in [9.17, 15) is 4.39 Å². The Kier molecular flexibility index (Phi) is 2.85. The second kappa shape index (κ2) is 3.45. The lowest BCUT2D eigenvalue weighted by atomic mass is 9.98. The lowest BCUT2D eigenvalue weighted by Crippen LogP contribution is -2.63. The predicted octanol–water partition coefficient (Wildman–Crippen LogP) is -2.92. The molecule has 13 heavy (non-hydrogen) atoms. The van der Waals surface area contributed by atoms with Gasteiger partial charge in [-0.05, 0) is 0 Å². The van der Waals surface area contributed by atoms with Gasteiger partial charge in [-0.15, -0.1) is 0 Å². The molecule has 1 fully saturated rings. The van der Waals surface area contributed by atoms with Crippen LogP contribution in [-0.2, 0) is 4.74 Å². The minimum absolute atomic E-state index is 0.781. The van der Waals surface area contributed by atoms with Gasteiger partial charge in [0.1, 0.15) is 18.3 Å². The molecular weight excluding hydrogens is 187 g/mol. The van der Waals surface area contributed by atoms with Gasteiger partial charge in [0.05, 0.1) is 6.61 Å². The first-order valence-corrected chi connectivity index (χ1v) is 3.64. The molecule has 0 aromatic rings. The van der Waals surface area contributed by atoms with Crippen molar-refractivity contribution in [3.05, 3.63) is 0 Å². The van der Waals surface area contributed by atoms with E-state index in [1.54, 1.807) is 0 Å². The molecule has 5 N–H and O–H groups in total. The predicted molar refractivity (Wildman–Crippen MR) is 36.0 cm³/mol. The van der Waals surface area contributed by atoms with E-state index >= 15 is 0 Å². The number of rotatable bonds is 1. The minimum atomic E-state index is -3.45. The lowest BCUT2D eigenvalue weighted by Gasteiger charge is -2.40. The third kappa shape index (κ3) is 1.80. The standard InChI is InChI=1S/C6H11FO6/c7-6(12)5(11)4(10)3(9)2(1-8)13-6/h2-5,8-12H,1H2/t2-,3-,4+,5-,6+/m1/s1. The molecule has 5 atom stereocenters. The second-order valence-electron chi connectivity index (χ2n) is 2.87. The Morgan fingerprint density at radius 2 is 1.77 bits per heavy atom. The zero-order valence-corrected chi connectivity index (χ0v) is 6.54. The van der Waals surface area contributed by atoms with E-state index in [1.165, 1.54) is 0 Å². The Hall–Kier alpha value is -0.310. The van der Waals surface area contributed by atoms with Crippen LogP contribution in [-0.4, -0.2) is 62.6 Å². The molecule has 0 aromatic carbocycles. The first-order valence-electron chi connectivity index (χ1n) is 3.64. The third-order valence-corrected chi connectivity index (χ3v) is 1.92. The van der Waals surface area contributed by atoms with Crippen molar-refractivity contribution in [2.75, 3.05) is 6.61 Å². The van der Waals surface area contributed by atoms with E-state index in [1.807, 2.05) is 0 Å². The molecule has 0 spiro atoms. The topological polar surface area (TPSA) is 110 Å². The average Bonchev–Trinajstić information content (AvgIpc) is 2.08. The Balaban J connectivity index is 2.79. The summed E-state index contributed by atoms with van der Waals surface area (Å²) >= 11 is 0. The summed E-state index contributed by atoms with van der Waals surface area (Å²) in [5, 5.41) is 44.2. The molecule has 1 rings (SSSR count). The Labute approximate surface area is 72.8 Å². The lowest BCUT2D eigenvalue weighted by molar-refractivity contribution is -0.403. The fraction of sp³-hybridized carbons (Fsp3) is 1.00. The zero-order valence-electron chi connectivity index (χ0n) is 6.54. The number of aliphatic hydroxyl groups is 5. The maximum Gasteiger partial charge on any atom is 0.347 e. The molecule has 1 saturated heterocycles. The van der Waals surface area contributed by atoms with Gasteiger partial charge in [0.2, 0.25) is 0 Å². The number of hydrogen-bond donors (Lipinski definition) is 5. The first-order chi connectivity index (χ1) is 5.90. The van der Waals surface area contributed by atoms with Crippen molar-refractivity contribution >= 4 is 0 Å². The van der Waals surface area contributed by atoms with Crippen LogP contribution < -0.4 is 0 Å². The maximum absolute atomic E-state index is 12.8. The summed E-state index contributed by atoms with van der Waals surface area (Å²) in [6.07, 6.45) is -7.27. The SMILES string of the molecule is OC[C@H]1O[C@](O)(F)[C@H](O)[C@@H](O)[C@@H]1O. The summed E-state index contributed by atoms with van der Waals surface area (Å²) in [4.78, 5) is 0. The van der Waals surface area contributed by atoms with Crippen molar-refractivity contribution in [1.29, 1.82) is 0 Å². The summed E-state index contributed by atoms with van der Waals surface area (Å²) in [5.41, 5.74) is 0. The van der Waals surface area contributed by atoms with Gasteiger partial charge < -0.3 is 30.3 Å². The van der Waals surface area contributed by atoms with Crippen molar-refractivity contribution < 1.29 is 34.7 Å². The van der Waals surface area contributed by atoms with Gasteiger partial charge in [-0.2, -0.15) is 4.39 Å². The molecule has 0 saturated carbocycles. The highest BCUT2D eigenvalue weighted by Crippen LogP contribution is 2.28. The summed E-state index contributed by atoms with van der Waals surface area (Å²) in [5.74, 6) is 0. The molecule has 0 amide bonds. The number of halogens is 1.